The van der Waals surface area contributed by atoms with Gasteiger partial charge < -0.3 is 4.74 Å². The van der Waals surface area contributed by atoms with Crippen molar-refractivity contribution in [1.29, 1.82) is 0 Å². The fourth-order valence-corrected chi connectivity index (χ4v) is 3.00. The van der Waals surface area contributed by atoms with E-state index in [9.17, 15) is 9.18 Å². The summed E-state index contributed by atoms with van der Waals surface area (Å²) in [5, 5.41) is 4.66. The number of rotatable bonds is 4. The van der Waals surface area contributed by atoms with Crippen molar-refractivity contribution in [1.82, 2.24) is 19.3 Å². The van der Waals surface area contributed by atoms with Crippen LogP contribution in [0.3, 0.4) is 0 Å². The van der Waals surface area contributed by atoms with E-state index >= 15 is 0 Å². The Labute approximate surface area is 154 Å². The third kappa shape index (κ3) is 2.97. The second kappa shape index (κ2) is 6.68. The van der Waals surface area contributed by atoms with Crippen LogP contribution >= 0.6 is 0 Å². The van der Waals surface area contributed by atoms with Crippen molar-refractivity contribution < 1.29 is 9.13 Å². The predicted octanol–water partition coefficient (Wildman–Crippen LogP) is 3.42. The van der Waals surface area contributed by atoms with E-state index in [0.29, 0.717) is 34.8 Å². The zero-order valence-electron chi connectivity index (χ0n) is 14.9. The van der Waals surface area contributed by atoms with Crippen LogP contribution in [-0.2, 0) is 0 Å². The van der Waals surface area contributed by atoms with Crippen LogP contribution in [0.15, 0.2) is 59.5 Å². The highest BCUT2D eigenvalue weighted by molar-refractivity contribution is 5.75. The van der Waals surface area contributed by atoms with Gasteiger partial charge in [-0.15, -0.1) is 0 Å². The van der Waals surface area contributed by atoms with Crippen molar-refractivity contribution >= 4 is 11.0 Å². The summed E-state index contributed by atoms with van der Waals surface area (Å²) < 4.78 is 21.7. The molecule has 27 heavy (non-hydrogen) atoms. The molecule has 0 aliphatic rings. The Kier molecular flexibility index (Phi) is 4.19. The van der Waals surface area contributed by atoms with Gasteiger partial charge in [0.25, 0.3) is 5.56 Å². The lowest BCUT2D eigenvalue weighted by Crippen LogP contribution is -2.22. The molecule has 2 aromatic carbocycles. The average Bonchev–Trinajstić information content (AvgIpc) is 3.08. The summed E-state index contributed by atoms with van der Waals surface area (Å²) in [4.78, 5) is 17.6. The molecule has 0 fully saturated rings. The van der Waals surface area contributed by atoms with Gasteiger partial charge >= 0.3 is 0 Å². The van der Waals surface area contributed by atoms with Gasteiger partial charge in [0.05, 0.1) is 24.2 Å². The molecule has 136 valence electrons. The first kappa shape index (κ1) is 17.0. The number of aryl methyl sites for hydroxylation is 1. The summed E-state index contributed by atoms with van der Waals surface area (Å²) in [6.07, 6.45) is 1.48. The largest absolute Gasteiger partial charge is 0.494 e. The first-order valence-electron chi connectivity index (χ1n) is 8.55. The highest BCUT2D eigenvalue weighted by atomic mass is 19.1. The number of aromatic nitrogens is 4. The standard InChI is InChI=1S/C20H17FN4O2/c1-3-27-17-10-8-15(9-11-17)24-13(2)23-19-18(20(24)26)12-22-25(19)16-6-4-14(21)5-7-16/h4-12H,3H2,1-2H3. The highest BCUT2D eigenvalue weighted by Crippen LogP contribution is 2.19. The number of hydrogen-bond donors (Lipinski definition) is 0. The van der Waals surface area contributed by atoms with Crippen LogP contribution in [0.5, 0.6) is 5.75 Å². The van der Waals surface area contributed by atoms with Gasteiger partial charge in [-0.25, -0.2) is 14.1 Å². The minimum Gasteiger partial charge on any atom is -0.494 e. The second-order valence-electron chi connectivity index (χ2n) is 6.00. The monoisotopic (exact) mass is 364 g/mol. The van der Waals surface area contributed by atoms with Crippen LogP contribution in [0.25, 0.3) is 22.4 Å². The number of fused-ring (bicyclic) bond motifs is 1. The Morgan fingerprint density at radius 2 is 1.70 bits per heavy atom. The smallest absolute Gasteiger partial charge is 0.269 e. The molecular weight excluding hydrogens is 347 g/mol. The molecule has 0 unspecified atom stereocenters. The maximum atomic E-state index is 13.2. The van der Waals surface area contributed by atoms with Crippen molar-refractivity contribution in [3.8, 4) is 17.1 Å². The molecule has 2 heterocycles. The molecule has 4 aromatic rings. The summed E-state index contributed by atoms with van der Waals surface area (Å²) in [7, 11) is 0. The predicted molar refractivity (Wildman–Crippen MR) is 100 cm³/mol. The lowest BCUT2D eigenvalue weighted by molar-refractivity contribution is 0.340. The molecule has 0 N–H and O–H groups in total. The van der Waals surface area contributed by atoms with Crippen molar-refractivity contribution in [3.63, 3.8) is 0 Å². The summed E-state index contributed by atoms with van der Waals surface area (Å²) in [6.45, 7) is 4.26. The highest BCUT2D eigenvalue weighted by Gasteiger charge is 2.15. The van der Waals surface area contributed by atoms with Crippen LogP contribution in [0.2, 0.25) is 0 Å². The van der Waals surface area contributed by atoms with Gasteiger partial charge in [0.1, 0.15) is 22.8 Å². The van der Waals surface area contributed by atoms with E-state index in [0.717, 1.165) is 5.75 Å². The maximum absolute atomic E-state index is 13.2. The Hall–Kier alpha value is -3.48. The maximum Gasteiger partial charge on any atom is 0.269 e. The van der Waals surface area contributed by atoms with Gasteiger partial charge in [-0.05, 0) is 62.4 Å². The van der Waals surface area contributed by atoms with Crippen molar-refractivity contribution in [2.24, 2.45) is 0 Å². The molecule has 0 bridgehead atoms. The fourth-order valence-electron chi connectivity index (χ4n) is 3.00. The first-order valence-corrected chi connectivity index (χ1v) is 8.55. The second-order valence-corrected chi connectivity index (χ2v) is 6.00. The fraction of sp³-hybridized carbons (Fsp3) is 0.150. The van der Waals surface area contributed by atoms with E-state index in [-0.39, 0.29) is 11.4 Å². The van der Waals surface area contributed by atoms with E-state index < -0.39 is 0 Å². The molecule has 0 aliphatic heterocycles. The topological polar surface area (TPSA) is 61.9 Å². The third-order valence-electron chi connectivity index (χ3n) is 4.25. The van der Waals surface area contributed by atoms with Gasteiger partial charge in [-0.2, -0.15) is 5.10 Å². The van der Waals surface area contributed by atoms with Crippen LogP contribution in [0, 0.1) is 12.7 Å². The van der Waals surface area contributed by atoms with Gasteiger partial charge in [0, 0.05) is 0 Å². The molecule has 0 saturated heterocycles. The number of halogens is 1. The lowest BCUT2D eigenvalue weighted by Gasteiger charge is -2.11. The molecule has 0 atom stereocenters. The van der Waals surface area contributed by atoms with Crippen molar-refractivity contribution in [2.45, 2.75) is 13.8 Å². The van der Waals surface area contributed by atoms with Gasteiger partial charge in [0.15, 0.2) is 5.65 Å². The molecule has 0 aliphatic carbocycles. The Morgan fingerprint density at radius 1 is 1.04 bits per heavy atom. The number of hydrogen-bond acceptors (Lipinski definition) is 4. The van der Waals surface area contributed by atoms with E-state index in [1.807, 2.05) is 31.2 Å². The SMILES string of the molecule is CCOc1ccc(-n2c(C)nc3c(cnn3-c3ccc(F)cc3)c2=O)cc1. The molecule has 0 saturated carbocycles. The molecule has 0 amide bonds. The average molecular weight is 364 g/mol. The van der Waals surface area contributed by atoms with Crippen molar-refractivity contribution in [2.75, 3.05) is 6.61 Å². The molecule has 2 aromatic heterocycles. The van der Waals surface area contributed by atoms with E-state index in [2.05, 4.69) is 10.1 Å². The normalized spacial score (nSPS) is 11.1. The quantitative estimate of drug-likeness (QED) is 0.557. The number of ether oxygens (including phenoxy) is 1. The Balaban J connectivity index is 1.85. The summed E-state index contributed by atoms with van der Waals surface area (Å²) in [5.74, 6) is 0.933. The van der Waals surface area contributed by atoms with Gasteiger partial charge in [-0.3, -0.25) is 9.36 Å². The Morgan fingerprint density at radius 3 is 2.37 bits per heavy atom. The summed E-state index contributed by atoms with van der Waals surface area (Å²) in [5.41, 5.74) is 1.56. The minimum absolute atomic E-state index is 0.213. The molecule has 4 rings (SSSR count). The number of nitrogens with zero attached hydrogens (tertiary/aromatic N) is 4. The third-order valence-corrected chi connectivity index (χ3v) is 4.25. The van der Waals surface area contributed by atoms with E-state index in [1.54, 1.807) is 19.1 Å². The summed E-state index contributed by atoms with van der Waals surface area (Å²) in [6, 6.07) is 13.1. The van der Waals surface area contributed by atoms with Crippen LogP contribution < -0.4 is 10.3 Å². The van der Waals surface area contributed by atoms with E-state index in [4.69, 9.17) is 4.74 Å². The molecular formula is C20H17FN4O2. The molecule has 7 heteroatoms. The van der Waals surface area contributed by atoms with Crippen LogP contribution in [0.1, 0.15) is 12.7 Å². The van der Waals surface area contributed by atoms with Gasteiger partial charge in [0.2, 0.25) is 0 Å². The molecule has 6 nitrogen and oxygen atoms in total. The van der Waals surface area contributed by atoms with Crippen LogP contribution in [-0.4, -0.2) is 25.9 Å². The molecule has 0 spiro atoms. The minimum atomic E-state index is -0.336. The van der Waals surface area contributed by atoms with Crippen LogP contribution in [0.4, 0.5) is 4.39 Å². The van der Waals surface area contributed by atoms with Crippen molar-refractivity contribution in [3.05, 3.63) is 76.7 Å². The molecule has 0 radical (unpaired) electrons. The van der Waals surface area contributed by atoms with Gasteiger partial charge in [-0.1, -0.05) is 0 Å². The lowest BCUT2D eigenvalue weighted by atomic mass is 10.2. The summed E-state index contributed by atoms with van der Waals surface area (Å²) >= 11 is 0. The number of benzene rings is 2. The van der Waals surface area contributed by atoms with E-state index in [1.165, 1.54) is 27.6 Å². The zero-order chi connectivity index (χ0) is 19.0. The Bertz CT molecular complexity index is 1160. The first-order chi connectivity index (χ1) is 13.1. The zero-order valence-corrected chi connectivity index (χ0v) is 14.9.